The third kappa shape index (κ3) is 5.01. The van der Waals surface area contributed by atoms with Crippen LogP contribution in [0.1, 0.15) is 36.0 Å². The molecular formula is C16H26N4O. The van der Waals surface area contributed by atoms with Crippen LogP contribution in [0, 0.1) is 0 Å². The predicted molar refractivity (Wildman–Crippen MR) is 85.8 cm³/mol. The van der Waals surface area contributed by atoms with E-state index in [4.69, 9.17) is 0 Å². The quantitative estimate of drug-likeness (QED) is 0.811. The second kappa shape index (κ2) is 7.98. The summed E-state index contributed by atoms with van der Waals surface area (Å²) in [5.41, 5.74) is 0.624. The Morgan fingerprint density at radius 3 is 2.67 bits per heavy atom. The molecule has 0 spiro atoms. The van der Waals surface area contributed by atoms with Crippen LogP contribution < -0.4 is 10.2 Å². The van der Waals surface area contributed by atoms with Crippen molar-refractivity contribution < 1.29 is 4.79 Å². The van der Waals surface area contributed by atoms with Crippen molar-refractivity contribution in [1.29, 1.82) is 0 Å². The molecule has 2 rings (SSSR count). The smallest absolute Gasteiger partial charge is 0.252 e. The number of piperidine rings is 1. The van der Waals surface area contributed by atoms with Crippen LogP contribution in [0.4, 0.5) is 5.82 Å². The minimum Gasteiger partial charge on any atom is -0.363 e. The van der Waals surface area contributed by atoms with E-state index in [-0.39, 0.29) is 5.91 Å². The van der Waals surface area contributed by atoms with Crippen molar-refractivity contribution in [3.8, 4) is 0 Å². The van der Waals surface area contributed by atoms with Gasteiger partial charge >= 0.3 is 0 Å². The molecular weight excluding hydrogens is 264 g/mol. The number of nitrogens with one attached hydrogen (secondary N) is 1. The largest absolute Gasteiger partial charge is 0.363 e. The van der Waals surface area contributed by atoms with Gasteiger partial charge < -0.3 is 15.1 Å². The molecule has 5 nitrogen and oxygen atoms in total. The molecule has 1 aliphatic rings. The Labute approximate surface area is 127 Å². The highest BCUT2D eigenvalue weighted by atomic mass is 16.1. The number of hydrogen-bond donors (Lipinski definition) is 1. The summed E-state index contributed by atoms with van der Waals surface area (Å²) in [6.45, 7) is 4.23. The lowest BCUT2D eigenvalue weighted by Gasteiger charge is -2.26. The summed E-state index contributed by atoms with van der Waals surface area (Å²) in [6.07, 6.45) is 6.64. The van der Waals surface area contributed by atoms with Gasteiger partial charge in [-0.2, -0.15) is 0 Å². The fraction of sp³-hybridized carbons (Fsp3) is 0.625. The maximum atomic E-state index is 12.0. The first-order valence-corrected chi connectivity index (χ1v) is 7.81. The number of carbonyl (C=O) groups excluding carboxylic acids is 1. The molecule has 5 heteroatoms. The first kappa shape index (κ1) is 15.8. The zero-order valence-electron chi connectivity index (χ0n) is 13.1. The van der Waals surface area contributed by atoms with E-state index in [1.165, 1.54) is 32.4 Å². The Balaban J connectivity index is 1.69. The van der Waals surface area contributed by atoms with Crippen LogP contribution in [0.15, 0.2) is 18.3 Å². The third-order valence-electron chi connectivity index (χ3n) is 3.85. The van der Waals surface area contributed by atoms with E-state index >= 15 is 0 Å². The minimum absolute atomic E-state index is 0.0357. The monoisotopic (exact) mass is 290 g/mol. The van der Waals surface area contributed by atoms with Crippen LogP contribution >= 0.6 is 0 Å². The normalized spacial score (nSPS) is 15.7. The van der Waals surface area contributed by atoms with Crippen molar-refractivity contribution in [2.24, 2.45) is 0 Å². The van der Waals surface area contributed by atoms with Gasteiger partial charge in [0.1, 0.15) is 5.82 Å². The van der Waals surface area contributed by atoms with Crippen molar-refractivity contribution in [2.75, 3.05) is 45.2 Å². The molecule has 0 aromatic carbocycles. The number of carbonyl (C=O) groups is 1. The second-order valence-electron chi connectivity index (χ2n) is 5.81. The summed E-state index contributed by atoms with van der Waals surface area (Å²) >= 11 is 0. The molecule has 116 valence electrons. The van der Waals surface area contributed by atoms with E-state index in [1.807, 2.05) is 31.1 Å². The van der Waals surface area contributed by atoms with E-state index in [2.05, 4.69) is 15.2 Å². The molecule has 1 aromatic rings. The summed E-state index contributed by atoms with van der Waals surface area (Å²) in [6, 6.07) is 3.69. The van der Waals surface area contributed by atoms with Gasteiger partial charge in [0.25, 0.3) is 5.91 Å². The van der Waals surface area contributed by atoms with E-state index in [1.54, 1.807) is 6.20 Å². The minimum atomic E-state index is -0.0357. The molecule has 0 atom stereocenters. The number of nitrogens with zero attached hydrogens (tertiary/aromatic N) is 3. The van der Waals surface area contributed by atoms with Crippen molar-refractivity contribution in [3.63, 3.8) is 0 Å². The van der Waals surface area contributed by atoms with Gasteiger partial charge in [0.05, 0.1) is 5.56 Å². The van der Waals surface area contributed by atoms with Crippen LogP contribution in [0.2, 0.25) is 0 Å². The van der Waals surface area contributed by atoms with Gasteiger partial charge in [-0.15, -0.1) is 0 Å². The fourth-order valence-electron chi connectivity index (χ4n) is 2.57. The molecule has 1 aromatic heterocycles. The van der Waals surface area contributed by atoms with Crippen LogP contribution in [-0.2, 0) is 0 Å². The standard InChI is InChI=1S/C16H26N4O/c1-19(2)15-8-7-14(13-18-15)16(21)17-9-6-12-20-10-4-3-5-11-20/h7-8,13H,3-6,9-12H2,1-2H3,(H,17,21). The SMILES string of the molecule is CN(C)c1ccc(C(=O)NCCCN2CCCCC2)cn1. The van der Waals surface area contributed by atoms with Gasteiger partial charge in [-0.3, -0.25) is 4.79 Å². The van der Waals surface area contributed by atoms with Gasteiger partial charge in [-0.25, -0.2) is 4.98 Å². The summed E-state index contributed by atoms with van der Waals surface area (Å²) < 4.78 is 0. The van der Waals surface area contributed by atoms with Crippen molar-refractivity contribution >= 4 is 11.7 Å². The van der Waals surface area contributed by atoms with E-state index in [0.29, 0.717) is 5.56 Å². The molecule has 1 N–H and O–H groups in total. The lowest BCUT2D eigenvalue weighted by Crippen LogP contribution is -2.33. The maximum Gasteiger partial charge on any atom is 0.252 e. The number of rotatable bonds is 6. The highest BCUT2D eigenvalue weighted by Gasteiger charge is 2.10. The zero-order chi connectivity index (χ0) is 15.1. The molecule has 1 amide bonds. The Morgan fingerprint density at radius 2 is 2.05 bits per heavy atom. The number of likely N-dealkylation sites (tertiary alicyclic amines) is 1. The van der Waals surface area contributed by atoms with Gasteiger partial charge in [-0.05, 0) is 51.0 Å². The third-order valence-corrected chi connectivity index (χ3v) is 3.85. The average molecular weight is 290 g/mol. The Hall–Kier alpha value is -1.62. The molecule has 0 saturated carbocycles. The van der Waals surface area contributed by atoms with Gasteiger partial charge in [0.2, 0.25) is 0 Å². The number of hydrogen-bond acceptors (Lipinski definition) is 4. The number of anilines is 1. The van der Waals surface area contributed by atoms with Gasteiger partial charge in [-0.1, -0.05) is 6.42 Å². The van der Waals surface area contributed by atoms with Crippen LogP contribution in [0.5, 0.6) is 0 Å². The summed E-state index contributed by atoms with van der Waals surface area (Å²) in [5, 5.41) is 2.97. The molecule has 1 saturated heterocycles. The zero-order valence-corrected chi connectivity index (χ0v) is 13.1. The highest BCUT2D eigenvalue weighted by molar-refractivity contribution is 5.94. The molecule has 21 heavy (non-hydrogen) atoms. The molecule has 1 aliphatic heterocycles. The first-order chi connectivity index (χ1) is 10.2. The van der Waals surface area contributed by atoms with Crippen molar-refractivity contribution in [2.45, 2.75) is 25.7 Å². The second-order valence-corrected chi connectivity index (χ2v) is 5.81. The summed E-state index contributed by atoms with van der Waals surface area (Å²) in [4.78, 5) is 20.7. The maximum absolute atomic E-state index is 12.0. The fourth-order valence-corrected chi connectivity index (χ4v) is 2.57. The lowest BCUT2D eigenvalue weighted by molar-refractivity contribution is 0.0950. The summed E-state index contributed by atoms with van der Waals surface area (Å²) in [7, 11) is 3.87. The molecule has 0 bridgehead atoms. The van der Waals surface area contributed by atoms with E-state index in [9.17, 15) is 4.79 Å². The summed E-state index contributed by atoms with van der Waals surface area (Å²) in [5.74, 6) is 0.822. The molecule has 0 radical (unpaired) electrons. The molecule has 1 fully saturated rings. The Kier molecular flexibility index (Phi) is 5.99. The van der Waals surface area contributed by atoms with Crippen LogP contribution in [0.25, 0.3) is 0 Å². The average Bonchev–Trinajstić information content (AvgIpc) is 2.52. The Morgan fingerprint density at radius 1 is 1.29 bits per heavy atom. The number of aromatic nitrogens is 1. The molecule has 2 heterocycles. The number of pyridine rings is 1. The molecule has 0 aliphatic carbocycles. The predicted octanol–water partition coefficient (Wildman–Crippen LogP) is 1.75. The van der Waals surface area contributed by atoms with Gasteiger partial charge in [0, 0.05) is 26.8 Å². The lowest BCUT2D eigenvalue weighted by atomic mass is 10.1. The van der Waals surface area contributed by atoms with Crippen molar-refractivity contribution in [1.82, 2.24) is 15.2 Å². The van der Waals surface area contributed by atoms with Crippen LogP contribution in [0.3, 0.4) is 0 Å². The first-order valence-electron chi connectivity index (χ1n) is 7.81. The molecule has 0 unspecified atom stereocenters. The van der Waals surface area contributed by atoms with Gasteiger partial charge in [0.15, 0.2) is 0 Å². The van der Waals surface area contributed by atoms with E-state index in [0.717, 1.165) is 25.3 Å². The Bertz CT molecular complexity index is 438. The topological polar surface area (TPSA) is 48.5 Å². The van der Waals surface area contributed by atoms with Crippen molar-refractivity contribution in [3.05, 3.63) is 23.9 Å². The highest BCUT2D eigenvalue weighted by Crippen LogP contribution is 2.09. The van der Waals surface area contributed by atoms with Crippen LogP contribution in [-0.4, -0.2) is 56.1 Å². The number of amides is 1. The van der Waals surface area contributed by atoms with E-state index < -0.39 is 0 Å².